The molecule has 4 nitrogen and oxygen atoms in total. The van der Waals surface area contributed by atoms with Crippen LogP contribution in [0.5, 0.6) is 0 Å². The first kappa shape index (κ1) is 15.1. The SMILES string of the molecule is COCCn1cc(C)nc1Nc1c(Cl)cc(F)cc1Cl. The average Bonchev–Trinajstić information content (AvgIpc) is 2.71. The van der Waals surface area contributed by atoms with Crippen molar-refractivity contribution in [1.82, 2.24) is 9.55 Å². The van der Waals surface area contributed by atoms with Crippen LogP contribution in [-0.4, -0.2) is 23.3 Å². The summed E-state index contributed by atoms with van der Waals surface area (Å²) < 4.78 is 20.1. The van der Waals surface area contributed by atoms with E-state index in [2.05, 4.69) is 10.3 Å². The van der Waals surface area contributed by atoms with Crippen molar-refractivity contribution in [2.45, 2.75) is 13.5 Å². The zero-order chi connectivity index (χ0) is 14.7. The molecule has 0 spiro atoms. The molecule has 1 N–H and O–H groups in total. The number of imidazole rings is 1. The van der Waals surface area contributed by atoms with Crippen molar-refractivity contribution in [2.75, 3.05) is 19.0 Å². The van der Waals surface area contributed by atoms with E-state index in [4.69, 9.17) is 27.9 Å². The second kappa shape index (κ2) is 6.43. The Morgan fingerprint density at radius 3 is 2.60 bits per heavy atom. The molecule has 1 aromatic carbocycles. The fourth-order valence-corrected chi connectivity index (χ4v) is 2.33. The Balaban J connectivity index is 2.30. The van der Waals surface area contributed by atoms with Gasteiger partial charge in [0, 0.05) is 19.9 Å². The van der Waals surface area contributed by atoms with Gasteiger partial charge in [-0.25, -0.2) is 9.37 Å². The van der Waals surface area contributed by atoms with Crippen LogP contribution in [0.2, 0.25) is 10.0 Å². The highest BCUT2D eigenvalue weighted by atomic mass is 35.5. The van der Waals surface area contributed by atoms with Gasteiger partial charge in [0.15, 0.2) is 0 Å². The third kappa shape index (κ3) is 3.42. The van der Waals surface area contributed by atoms with Crippen LogP contribution in [0.25, 0.3) is 0 Å². The van der Waals surface area contributed by atoms with Crippen LogP contribution in [-0.2, 0) is 11.3 Å². The highest BCUT2D eigenvalue weighted by Crippen LogP contribution is 2.33. The summed E-state index contributed by atoms with van der Waals surface area (Å²) in [6, 6.07) is 2.40. The minimum Gasteiger partial charge on any atom is -0.383 e. The van der Waals surface area contributed by atoms with Crippen LogP contribution in [0.15, 0.2) is 18.3 Å². The van der Waals surface area contributed by atoms with Crippen LogP contribution in [0.4, 0.5) is 16.0 Å². The van der Waals surface area contributed by atoms with E-state index in [1.807, 2.05) is 17.7 Å². The van der Waals surface area contributed by atoms with Crippen molar-refractivity contribution >= 4 is 34.8 Å². The van der Waals surface area contributed by atoms with Gasteiger partial charge in [0.2, 0.25) is 5.95 Å². The molecule has 0 radical (unpaired) electrons. The molecule has 0 aliphatic heterocycles. The molecule has 0 aliphatic rings. The van der Waals surface area contributed by atoms with Gasteiger partial charge in [0.25, 0.3) is 0 Å². The maximum absolute atomic E-state index is 13.2. The molecule has 2 rings (SSSR count). The Labute approximate surface area is 126 Å². The summed E-state index contributed by atoms with van der Waals surface area (Å²) in [4.78, 5) is 4.35. The lowest BCUT2D eigenvalue weighted by molar-refractivity contribution is 0.188. The molecule has 2 aromatic rings. The first-order chi connectivity index (χ1) is 9.51. The third-order valence-electron chi connectivity index (χ3n) is 2.68. The van der Waals surface area contributed by atoms with Gasteiger partial charge in [-0.2, -0.15) is 0 Å². The normalized spacial score (nSPS) is 10.8. The molecule has 7 heteroatoms. The predicted octanol–water partition coefficient (Wildman–Crippen LogP) is 4.03. The van der Waals surface area contributed by atoms with E-state index in [0.29, 0.717) is 24.8 Å². The largest absolute Gasteiger partial charge is 0.383 e. The molecular formula is C13H14Cl2FN3O. The number of nitrogens with zero attached hydrogens (tertiary/aromatic N) is 2. The number of benzene rings is 1. The van der Waals surface area contributed by atoms with Crippen LogP contribution < -0.4 is 5.32 Å². The standard InChI is InChI=1S/C13H14Cl2FN3O/c1-8-7-19(3-4-20-2)13(17-8)18-12-10(14)5-9(16)6-11(12)15/h5-7H,3-4H2,1-2H3,(H,17,18). The van der Waals surface area contributed by atoms with Gasteiger partial charge in [-0.15, -0.1) is 0 Å². The molecule has 1 heterocycles. The van der Waals surface area contributed by atoms with E-state index in [9.17, 15) is 4.39 Å². The topological polar surface area (TPSA) is 39.1 Å². The number of anilines is 2. The van der Waals surface area contributed by atoms with E-state index >= 15 is 0 Å². The summed E-state index contributed by atoms with van der Waals surface area (Å²) in [6.45, 7) is 3.06. The summed E-state index contributed by atoms with van der Waals surface area (Å²) >= 11 is 12.0. The molecule has 0 aliphatic carbocycles. The molecule has 20 heavy (non-hydrogen) atoms. The predicted molar refractivity (Wildman–Crippen MR) is 78.5 cm³/mol. The lowest BCUT2D eigenvalue weighted by Crippen LogP contribution is -2.07. The lowest BCUT2D eigenvalue weighted by atomic mass is 10.3. The number of hydrogen-bond donors (Lipinski definition) is 1. The average molecular weight is 318 g/mol. The first-order valence-electron chi connectivity index (χ1n) is 5.95. The highest BCUT2D eigenvalue weighted by molar-refractivity contribution is 6.39. The lowest BCUT2D eigenvalue weighted by Gasteiger charge is -2.12. The van der Waals surface area contributed by atoms with Gasteiger partial charge in [-0.05, 0) is 19.1 Å². The van der Waals surface area contributed by atoms with Crippen LogP contribution in [0.1, 0.15) is 5.69 Å². The molecular weight excluding hydrogens is 304 g/mol. The minimum absolute atomic E-state index is 0.203. The zero-order valence-electron chi connectivity index (χ0n) is 11.1. The Bertz CT molecular complexity index is 593. The highest BCUT2D eigenvalue weighted by Gasteiger charge is 2.12. The Kier molecular flexibility index (Phi) is 4.86. The monoisotopic (exact) mass is 317 g/mol. The summed E-state index contributed by atoms with van der Waals surface area (Å²) in [5.41, 5.74) is 1.27. The van der Waals surface area contributed by atoms with Crippen molar-refractivity contribution in [3.63, 3.8) is 0 Å². The van der Waals surface area contributed by atoms with Gasteiger partial charge in [0.1, 0.15) is 5.82 Å². The van der Waals surface area contributed by atoms with Crippen molar-refractivity contribution in [3.8, 4) is 0 Å². The number of halogens is 3. The fraction of sp³-hybridized carbons (Fsp3) is 0.308. The van der Waals surface area contributed by atoms with Gasteiger partial charge in [0.05, 0.1) is 28.0 Å². The van der Waals surface area contributed by atoms with Crippen molar-refractivity contribution in [3.05, 3.63) is 39.9 Å². The van der Waals surface area contributed by atoms with E-state index in [1.165, 1.54) is 12.1 Å². The summed E-state index contributed by atoms with van der Waals surface area (Å²) in [5.74, 6) is 0.0967. The second-order valence-electron chi connectivity index (χ2n) is 4.26. The molecule has 1 aromatic heterocycles. The summed E-state index contributed by atoms with van der Waals surface area (Å²) in [6.07, 6.45) is 1.88. The smallest absolute Gasteiger partial charge is 0.207 e. The van der Waals surface area contributed by atoms with Crippen LogP contribution in [0.3, 0.4) is 0 Å². The molecule has 0 saturated carbocycles. The first-order valence-corrected chi connectivity index (χ1v) is 6.71. The van der Waals surface area contributed by atoms with E-state index in [0.717, 1.165) is 5.69 Å². The summed E-state index contributed by atoms with van der Waals surface area (Å²) in [5, 5.41) is 3.44. The van der Waals surface area contributed by atoms with Gasteiger partial charge in [-0.1, -0.05) is 23.2 Å². The number of nitrogens with one attached hydrogen (secondary N) is 1. The minimum atomic E-state index is -0.482. The molecule has 0 saturated heterocycles. The Hall–Kier alpha value is -1.30. The zero-order valence-corrected chi connectivity index (χ0v) is 12.6. The number of hydrogen-bond acceptors (Lipinski definition) is 3. The maximum Gasteiger partial charge on any atom is 0.207 e. The number of aromatic nitrogens is 2. The van der Waals surface area contributed by atoms with Crippen LogP contribution in [0, 0.1) is 12.7 Å². The maximum atomic E-state index is 13.2. The van der Waals surface area contributed by atoms with Gasteiger partial charge >= 0.3 is 0 Å². The van der Waals surface area contributed by atoms with Crippen LogP contribution >= 0.6 is 23.2 Å². The quantitative estimate of drug-likeness (QED) is 0.905. The molecule has 0 fully saturated rings. The van der Waals surface area contributed by atoms with E-state index in [1.54, 1.807) is 7.11 Å². The molecule has 108 valence electrons. The van der Waals surface area contributed by atoms with Crippen molar-refractivity contribution in [2.24, 2.45) is 0 Å². The molecule has 0 atom stereocenters. The number of ether oxygens (including phenoxy) is 1. The molecule has 0 bridgehead atoms. The van der Waals surface area contributed by atoms with Crippen molar-refractivity contribution < 1.29 is 9.13 Å². The molecule has 0 unspecified atom stereocenters. The second-order valence-corrected chi connectivity index (χ2v) is 5.08. The van der Waals surface area contributed by atoms with Gasteiger partial charge in [-0.3, -0.25) is 0 Å². The van der Waals surface area contributed by atoms with E-state index in [-0.39, 0.29) is 10.0 Å². The number of rotatable bonds is 5. The number of methoxy groups -OCH3 is 1. The number of aryl methyl sites for hydroxylation is 1. The van der Waals surface area contributed by atoms with Crippen molar-refractivity contribution in [1.29, 1.82) is 0 Å². The third-order valence-corrected chi connectivity index (χ3v) is 3.27. The Morgan fingerprint density at radius 2 is 2.00 bits per heavy atom. The summed E-state index contributed by atoms with van der Waals surface area (Å²) in [7, 11) is 1.63. The Morgan fingerprint density at radius 1 is 1.35 bits per heavy atom. The fourth-order valence-electron chi connectivity index (χ4n) is 1.78. The molecule has 0 amide bonds. The van der Waals surface area contributed by atoms with E-state index < -0.39 is 5.82 Å². The van der Waals surface area contributed by atoms with Gasteiger partial charge < -0.3 is 14.6 Å².